The summed E-state index contributed by atoms with van der Waals surface area (Å²) < 4.78 is 23.3. The van der Waals surface area contributed by atoms with Crippen molar-refractivity contribution in [2.75, 3.05) is 7.11 Å². The molecule has 0 atom stereocenters. The maximum atomic E-state index is 13.1. The number of halogens is 2. The molecule has 18 heavy (non-hydrogen) atoms. The normalized spacial score (nSPS) is 10.2. The first-order chi connectivity index (χ1) is 8.60. The fraction of sp³-hybridized carbons (Fsp3) is 0.0909. The third-order valence-electron chi connectivity index (χ3n) is 2.04. The first kappa shape index (κ1) is 12.4. The lowest BCUT2D eigenvalue weighted by atomic mass is 10.3. The number of rotatable bonds is 3. The molecule has 0 unspecified atom stereocenters. The van der Waals surface area contributed by atoms with Gasteiger partial charge in [-0.05, 0) is 12.1 Å². The fourth-order valence-electron chi connectivity index (χ4n) is 1.25. The monoisotopic (exact) mass is 270 g/mol. The van der Waals surface area contributed by atoms with Gasteiger partial charge in [-0.2, -0.15) is 0 Å². The van der Waals surface area contributed by atoms with Crippen LogP contribution in [0.1, 0.15) is 0 Å². The quantitative estimate of drug-likeness (QED) is 0.929. The lowest BCUT2D eigenvalue weighted by Crippen LogP contribution is -1.95. The van der Waals surface area contributed by atoms with E-state index in [-0.39, 0.29) is 22.5 Å². The summed E-state index contributed by atoms with van der Waals surface area (Å²) in [7, 11) is 1.41. The molecular weight excluding hydrogens is 263 g/mol. The summed E-state index contributed by atoms with van der Waals surface area (Å²) in [5.74, 6) is -0.631. The number of aromatic nitrogens is 2. The first-order valence-electron chi connectivity index (χ1n) is 4.83. The van der Waals surface area contributed by atoms with Crippen molar-refractivity contribution >= 4 is 11.6 Å². The van der Waals surface area contributed by atoms with Gasteiger partial charge in [0.15, 0.2) is 22.4 Å². The summed E-state index contributed by atoms with van der Waals surface area (Å²) in [4.78, 5) is 0. The molecule has 0 bridgehead atoms. The Hall–Kier alpha value is -2.08. The standard InChI is InChI=1S/C11H8ClFN2O3/c1-17-8-3-2-6(13)4-9(8)18-11-7(16)5-10(12)14-15-11/h2-5H,1H3,(H,14,16). The second-order valence-corrected chi connectivity index (χ2v) is 3.64. The number of aromatic hydroxyl groups is 1. The van der Waals surface area contributed by atoms with Gasteiger partial charge in [0.05, 0.1) is 7.11 Å². The lowest BCUT2D eigenvalue weighted by Gasteiger charge is -2.09. The van der Waals surface area contributed by atoms with E-state index in [4.69, 9.17) is 21.1 Å². The molecule has 1 N–H and O–H groups in total. The summed E-state index contributed by atoms with van der Waals surface area (Å²) in [6, 6.07) is 4.88. The van der Waals surface area contributed by atoms with Crippen molar-refractivity contribution in [3.8, 4) is 23.1 Å². The summed E-state index contributed by atoms with van der Waals surface area (Å²) in [6.07, 6.45) is 0. The molecule has 0 aliphatic carbocycles. The number of nitrogens with zero attached hydrogens (tertiary/aromatic N) is 2. The first-order valence-corrected chi connectivity index (χ1v) is 5.21. The Labute approximate surface area is 107 Å². The molecule has 2 aromatic rings. The van der Waals surface area contributed by atoms with Crippen LogP contribution >= 0.6 is 11.6 Å². The molecule has 0 saturated heterocycles. The molecule has 1 aromatic heterocycles. The van der Waals surface area contributed by atoms with Crippen LogP contribution in [0.3, 0.4) is 0 Å². The lowest BCUT2D eigenvalue weighted by molar-refractivity contribution is 0.353. The van der Waals surface area contributed by atoms with Crippen LogP contribution in [-0.4, -0.2) is 22.4 Å². The second-order valence-electron chi connectivity index (χ2n) is 3.25. The Morgan fingerprint density at radius 2 is 2.00 bits per heavy atom. The Balaban J connectivity index is 2.36. The average Bonchev–Trinajstić information content (AvgIpc) is 2.33. The molecule has 0 radical (unpaired) electrons. The van der Waals surface area contributed by atoms with Gasteiger partial charge in [0.1, 0.15) is 5.82 Å². The minimum absolute atomic E-state index is 0.0195. The third kappa shape index (κ3) is 2.60. The van der Waals surface area contributed by atoms with Crippen molar-refractivity contribution in [1.29, 1.82) is 0 Å². The highest BCUT2D eigenvalue weighted by Gasteiger charge is 2.12. The number of ether oxygens (including phenoxy) is 2. The van der Waals surface area contributed by atoms with Crippen LogP contribution < -0.4 is 9.47 Å². The van der Waals surface area contributed by atoms with Crippen LogP contribution in [0.5, 0.6) is 23.1 Å². The zero-order valence-electron chi connectivity index (χ0n) is 9.22. The fourth-order valence-corrected chi connectivity index (χ4v) is 1.40. The number of methoxy groups -OCH3 is 1. The van der Waals surface area contributed by atoms with Crippen molar-refractivity contribution in [2.45, 2.75) is 0 Å². The maximum absolute atomic E-state index is 13.1. The molecule has 5 nitrogen and oxygen atoms in total. The van der Waals surface area contributed by atoms with E-state index in [1.54, 1.807) is 0 Å². The van der Waals surface area contributed by atoms with Crippen LogP contribution in [0.15, 0.2) is 24.3 Å². The molecular formula is C11H8ClFN2O3. The molecule has 2 rings (SSSR count). The van der Waals surface area contributed by atoms with Crippen molar-refractivity contribution in [3.63, 3.8) is 0 Å². The Morgan fingerprint density at radius 1 is 1.22 bits per heavy atom. The van der Waals surface area contributed by atoms with Gasteiger partial charge < -0.3 is 14.6 Å². The number of hydrogen-bond acceptors (Lipinski definition) is 5. The van der Waals surface area contributed by atoms with Crippen molar-refractivity contribution in [2.24, 2.45) is 0 Å². The minimum atomic E-state index is -0.507. The van der Waals surface area contributed by atoms with Gasteiger partial charge in [0, 0.05) is 12.1 Å². The highest BCUT2D eigenvalue weighted by molar-refractivity contribution is 6.29. The van der Waals surface area contributed by atoms with Gasteiger partial charge in [-0.25, -0.2) is 4.39 Å². The Bertz CT molecular complexity index is 580. The molecule has 1 heterocycles. The predicted molar refractivity (Wildman–Crippen MR) is 61.7 cm³/mol. The van der Waals surface area contributed by atoms with E-state index in [0.717, 1.165) is 12.1 Å². The van der Waals surface area contributed by atoms with Gasteiger partial charge in [0.2, 0.25) is 0 Å². The van der Waals surface area contributed by atoms with Crippen LogP contribution in [0, 0.1) is 5.82 Å². The minimum Gasteiger partial charge on any atom is -0.503 e. The number of hydrogen-bond donors (Lipinski definition) is 1. The SMILES string of the molecule is COc1ccc(F)cc1Oc1nnc(Cl)cc1O. The Kier molecular flexibility index (Phi) is 3.47. The molecule has 0 fully saturated rings. The zero-order chi connectivity index (χ0) is 13.1. The topological polar surface area (TPSA) is 64.5 Å². The van der Waals surface area contributed by atoms with E-state index >= 15 is 0 Å². The zero-order valence-corrected chi connectivity index (χ0v) is 9.98. The molecule has 0 amide bonds. The average molecular weight is 271 g/mol. The molecule has 0 aliphatic heterocycles. The molecule has 1 aromatic carbocycles. The van der Waals surface area contributed by atoms with E-state index in [9.17, 15) is 9.50 Å². The third-order valence-corrected chi connectivity index (χ3v) is 2.23. The molecule has 0 aliphatic rings. The van der Waals surface area contributed by atoms with Crippen molar-refractivity contribution < 1.29 is 19.0 Å². The van der Waals surface area contributed by atoms with Crippen molar-refractivity contribution in [3.05, 3.63) is 35.2 Å². The molecule has 0 saturated carbocycles. The largest absolute Gasteiger partial charge is 0.503 e. The highest BCUT2D eigenvalue weighted by atomic mass is 35.5. The summed E-state index contributed by atoms with van der Waals surface area (Å²) in [5, 5.41) is 16.6. The van der Waals surface area contributed by atoms with Gasteiger partial charge in [-0.1, -0.05) is 11.6 Å². The van der Waals surface area contributed by atoms with Gasteiger partial charge in [-0.3, -0.25) is 0 Å². The van der Waals surface area contributed by atoms with E-state index in [0.29, 0.717) is 5.75 Å². The highest BCUT2D eigenvalue weighted by Crippen LogP contribution is 2.34. The van der Waals surface area contributed by atoms with Gasteiger partial charge in [-0.15, -0.1) is 10.2 Å². The van der Waals surface area contributed by atoms with Crippen molar-refractivity contribution in [1.82, 2.24) is 10.2 Å². The molecule has 0 spiro atoms. The predicted octanol–water partition coefficient (Wildman–Crippen LogP) is 2.78. The van der Waals surface area contributed by atoms with Crippen LogP contribution in [-0.2, 0) is 0 Å². The van der Waals surface area contributed by atoms with Crippen LogP contribution in [0.4, 0.5) is 4.39 Å². The second kappa shape index (κ2) is 5.05. The van der Waals surface area contributed by atoms with E-state index < -0.39 is 5.82 Å². The van der Waals surface area contributed by atoms with Gasteiger partial charge >= 0.3 is 0 Å². The van der Waals surface area contributed by atoms with Crippen LogP contribution in [0.25, 0.3) is 0 Å². The summed E-state index contributed by atoms with van der Waals surface area (Å²) >= 11 is 5.53. The van der Waals surface area contributed by atoms with Gasteiger partial charge in [0.25, 0.3) is 5.88 Å². The number of benzene rings is 1. The van der Waals surface area contributed by atoms with E-state index in [1.165, 1.54) is 19.2 Å². The molecule has 94 valence electrons. The maximum Gasteiger partial charge on any atom is 0.281 e. The molecule has 7 heteroatoms. The van der Waals surface area contributed by atoms with E-state index in [1.807, 2.05) is 0 Å². The van der Waals surface area contributed by atoms with E-state index in [2.05, 4.69) is 10.2 Å². The summed E-state index contributed by atoms with van der Waals surface area (Å²) in [6.45, 7) is 0. The van der Waals surface area contributed by atoms with Crippen LogP contribution in [0.2, 0.25) is 5.15 Å². The Morgan fingerprint density at radius 3 is 2.67 bits per heavy atom. The summed E-state index contributed by atoms with van der Waals surface area (Å²) in [5.41, 5.74) is 0. The smallest absolute Gasteiger partial charge is 0.281 e.